The highest BCUT2D eigenvalue weighted by molar-refractivity contribution is 7.89. The number of rotatable bonds is 4. The van der Waals surface area contributed by atoms with Gasteiger partial charge in [-0.3, -0.25) is 4.79 Å². The summed E-state index contributed by atoms with van der Waals surface area (Å²) < 4.78 is 47.3. The van der Waals surface area contributed by atoms with Crippen molar-refractivity contribution in [3.63, 3.8) is 0 Å². The van der Waals surface area contributed by atoms with Crippen molar-refractivity contribution in [2.75, 3.05) is 19.6 Å². The summed E-state index contributed by atoms with van der Waals surface area (Å²) in [4.78, 5) is 11.4. The van der Waals surface area contributed by atoms with E-state index in [2.05, 4.69) is 5.32 Å². The first-order valence-corrected chi connectivity index (χ1v) is 10.4. The lowest BCUT2D eigenvalue weighted by Gasteiger charge is -2.29. The van der Waals surface area contributed by atoms with E-state index in [0.717, 1.165) is 12.8 Å². The van der Waals surface area contributed by atoms with Crippen molar-refractivity contribution in [1.29, 1.82) is 0 Å². The van der Waals surface area contributed by atoms with E-state index in [4.69, 9.17) is 4.74 Å². The summed E-state index contributed by atoms with van der Waals surface area (Å²) >= 11 is 0. The third kappa shape index (κ3) is 2.66. The molecule has 1 aromatic carbocycles. The maximum Gasteiger partial charge on any atom is 0.243 e. The fourth-order valence-electron chi connectivity index (χ4n) is 4.91. The van der Waals surface area contributed by atoms with Gasteiger partial charge in [0.1, 0.15) is 5.82 Å². The van der Waals surface area contributed by atoms with E-state index in [1.807, 2.05) is 0 Å². The highest BCUT2D eigenvalue weighted by Crippen LogP contribution is 2.55. The average Bonchev–Trinajstić information content (AvgIpc) is 3.20. The minimum absolute atomic E-state index is 0.0728. The van der Waals surface area contributed by atoms with Gasteiger partial charge in [0.2, 0.25) is 15.9 Å². The number of carbonyl (C=O) groups is 1. The van der Waals surface area contributed by atoms with Crippen molar-refractivity contribution in [2.24, 2.45) is 11.8 Å². The molecule has 3 fully saturated rings. The van der Waals surface area contributed by atoms with Gasteiger partial charge >= 0.3 is 0 Å². The summed E-state index contributed by atoms with van der Waals surface area (Å²) in [6.07, 6.45) is 1.82. The molecule has 3 aliphatic rings. The Balaban J connectivity index is 1.60. The second kappa shape index (κ2) is 6.00. The molecule has 142 valence electrons. The van der Waals surface area contributed by atoms with Crippen molar-refractivity contribution in [2.45, 2.75) is 43.3 Å². The summed E-state index contributed by atoms with van der Waals surface area (Å²) in [5.41, 5.74) is -0.0472. The largest absolute Gasteiger partial charge is 0.370 e. The lowest BCUT2D eigenvalue weighted by Crippen LogP contribution is -2.41. The molecule has 4 rings (SSSR count). The lowest BCUT2D eigenvalue weighted by molar-refractivity contribution is -0.119. The van der Waals surface area contributed by atoms with Crippen LogP contribution >= 0.6 is 0 Å². The number of nitrogens with one attached hydrogen (secondary N) is 1. The summed E-state index contributed by atoms with van der Waals surface area (Å²) in [6, 6.07) is 3.75. The normalized spacial score (nSPS) is 33.4. The predicted molar refractivity (Wildman–Crippen MR) is 92.4 cm³/mol. The van der Waals surface area contributed by atoms with Crippen LogP contribution in [0, 0.1) is 24.6 Å². The van der Waals surface area contributed by atoms with Crippen LogP contribution in [0.5, 0.6) is 0 Å². The fourth-order valence-corrected chi connectivity index (χ4v) is 6.64. The molecular formula is C18H23FN2O4S. The van der Waals surface area contributed by atoms with Crippen LogP contribution in [-0.2, 0) is 19.6 Å². The number of nitrogens with zero attached hydrogens (tertiary/aromatic N) is 1. The molecule has 1 N–H and O–H groups in total. The number of ether oxygens (including phenoxy) is 1. The van der Waals surface area contributed by atoms with Crippen LogP contribution in [-0.4, -0.2) is 50.0 Å². The van der Waals surface area contributed by atoms with Gasteiger partial charge < -0.3 is 10.1 Å². The quantitative estimate of drug-likeness (QED) is 0.855. The number of sulfonamides is 1. The van der Waals surface area contributed by atoms with Crippen LogP contribution in [0.3, 0.4) is 0 Å². The van der Waals surface area contributed by atoms with Gasteiger partial charge in [-0.15, -0.1) is 0 Å². The maximum atomic E-state index is 13.4. The van der Waals surface area contributed by atoms with E-state index in [0.29, 0.717) is 25.2 Å². The number of benzene rings is 1. The predicted octanol–water partition coefficient (Wildman–Crippen LogP) is 1.44. The van der Waals surface area contributed by atoms with Crippen LogP contribution in [0.25, 0.3) is 0 Å². The molecule has 0 aliphatic carbocycles. The smallest absolute Gasteiger partial charge is 0.243 e. The second-order valence-corrected chi connectivity index (χ2v) is 9.58. The van der Waals surface area contributed by atoms with E-state index in [1.54, 1.807) is 6.92 Å². The highest BCUT2D eigenvalue weighted by Gasteiger charge is 2.64. The molecule has 0 radical (unpaired) electrons. The van der Waals surface area contributed by atoms with Crippen molar-refractivity contribution in [1.82, 2.24) is 9.62 Å². The molecule has 8 heteroatoms. The number of amides is 1. The zero-order valence-electron chi connectivity index (χ0n) is 14.9. The first kappa shape index (κ1) is 17.9. The van der Waals surface area contributed by atoms with E-state index in [9.17, 15) is 17.6 Å². The van der Waals surface area contributed by atoms with Gasteiger partial charge in [0.15, 0.2) is 0 Å². The van der Waals surface area contributed by atoms with Crippen molar-refractivity contribution < 1.29 is 22.3 Å². The Morgan fingerprint density at radius 1 is 1.46 bits per heavy atom. The van der Waals surface area contributed by atoms with Crippen LogP contribution in [0.4, 0.5) is 4.39 Å². The number of carbonyl (C=O) groups excluding carboxylic acids is 1. The van der Waals surface area contributed by atoms with E-state index >= 15 is 0 Å². The molecule has 2 bridgehead atoms. The molecule has 6 nitrogen and oxygen atoms in total. The Kier molecular flexibility index (Phi) is 4.13. The minimum atomic E-state index is -3.71. The molecule has 3 saturated heterocycles. The summed E-state index contributed by atoms with van der Waals surface area (Å²) in [6.45, 7) is 4.29. The van der Waals surface area contributed by atoms with Gasteiger partial charge in [-0.1, -0.05) is 0 Å². The molecule has 0 aromatic heterocycles. The van der Waals surface area contributed by atoms with Gasteiger partial charge in [0.25, 0.3) is 0 Å². The topological polar surface area (TPSA) is 75.7 Å². The zero-order valence-corrected chi connectivity index (χ0v) is 15.7. The Morgan fingerprint density at radius 2 is 2.23 bits per heavy atom. The molecular weight excluding hydrogens is 359 g/mol. The SMILES string of the molecule is CC(=O)NC[C@H]1[C@H]2CN(S(=O)(=O)c3ccc(F)cc3C)C[C@]23CC[C@H]1O3. The van der Waals surface area contributed by atoms with Gasteiger partial charge in [-0.25, -0.2) is 12.8 Å². The van der Waals surface area contributed by atoms with Crippen LogP contribution in [0.15, 0.2) is 23.1 Å². The first-order chi connectivity index (χ1) is 12.2. The molecule has 0 unspecified atom stereocenters. The molecule has 0 saturated carbocycles. The van der Waals surface area contributed by atoms with Gasteiger partial charge in [0, 0.05) is 38.4 Å². The minimum Gasteiger partial charge on any atom is -0.370 e. The third-order valence-electron chi connectivity index (χ3n) is 6.09. The second-order valence-electron chi connectivity index (χ2n) is 7.67. The summed E-state index contributed by atoms with van der Waals surface area (Å²) in [5.74, 6) is -0.340. The van der Waals surface area contributed by atoms with Crippen molar-refractivity contribution in [3.05, 3.63) is 29.6 Å². The lowest BCUT2D eigenvalue weighted by atomic mass is 9.73. The average molecular weight is 382 g/mol. The first-order valence-electron chi connectivity index (χ1n) is 8.91. The zero-order chi connectivity index (χ0) is 18.7. The molecule has 1 aromatic rings. The Morgan fingerprint density at radius 3 is 2.92 bits per heavy atom. The van der Waals surface area contributed by atoms with E-state index in [-0.39, 0.29) is 28.7 Å². The van der Waals surface area contributed by atoms with Crippen LogP contribution in [0.1, 0.15) is 25.3 Å². The van der Waals surface area contributed by atoms with Gasteiger partial charge in [-0.2, -0.15) is 4.31 Å². The molecule has 3 heterocycles. The Labute approximate surface area is 152 Å². The fraction of sp³-hybridized carbons (Fsp3) is 0.611. The van der Waals surface area contributed by atoms with Gasteiger partial charge in [-0.05, 0) is 43.5 Å². The number of hydrogen-bond donors (Lipinski definition) is 1. The maximum absolute atomic E-state index is 13.4. The Hall–Kier alpha value is -1.51. The van der Waals surface area contributed by atoms with Gasteiger partial charge in [0.05, 0.1) is 16.6 Å². The number of fused-ring (bicyclic) bond motifs is 1. The van der Waals surface area contributed by atoms with Crippen molar-refractivity contribution in [3.8, 4) is 0 Å². The van der Waals surface area contributed by atoms with Crippen molar-refractivity contribution >= 4 is 15.9 Å². The van der Waals surface area contributed by atoms with Crippen LogP contribution in [0.2, 0.25) is 0 Å². The van der Waals surface area contributed by atoms with Crippen LogP contribution < -0.4 is 5.32 Å². The molecule has 26 heavy (non-hydrogen) atoms. The molecule has 4 atom stereocenters. The molecule has 3 aliphatic heterocycles. The summed E-state index contributed by atoms with van der Waals surface area (Å²) in [5, 5.41) is 2.85. The van der Waals surface area contributed by atoms with E-state index in [1.165, 1.54) is 29.4 Å². The number of aryl methyl sites for hydroxylation is 1. The summed E-state index contributed by atoms with van der Waals surface area (Å²) in [7, 11) is -3.71. The number of halogens is 1. The highest BCUT2D eigenvalue weighted by atomic mass is 32.2. The Bertz CT molecular complexity index is 859. The standard InChI is InChI=1S/C18H23FN2O4S/c1-11-7-13(19)3-4-17(11)26(23,24)21-9-15-14(8-20-12(2)22)16-5-6-18(15,10-21)25-16/h3-4,7,14-16H,5-6,8-10H2,1-2H3,(H,20,22)/t14-,15+,16+,18+/m0/s1. The van der Waals surface area contributed by atoms with E-state index < -0.39 is 21.4 Å². The molecule has 1 amide bonds. The monoisotopic (exact) mass is 382 g/mol. The third-order valence-corrected chi connectivity index (χ3v) is 8.07. The number of hydrogen-bond acceptors (Lipinski definition) is 4. The molecule has 1 spiro atoms.